The highest BCUT2D eigenvalue weighted by atomic mass is 16.5. The second-order valence-corrected chi connectivity index (χ2v) is 11.9. The number of hydrogen-bond acceptors (Lipinski definition) is 6. The molecule has 1 aliphatic heterocycles. The molecule has 40 heavy (non-hydrogen) atoms. The summed E-state index contributed by atoms with van der Waals surface area (Å²) in [5.74, 6) is 7.04. The van der Waals surface area contributed by atoms with Gasteiger partial charge in [-0.2, -0.15) is 0 Å². The van der Waals surface area contributed by atoms with Crippen LogP contribution in [0, 0.1) is 24.7 Å². The lowest BCUT2D eigenvalue weighted by Gasteiger charge is -2.37. The van der Waals surface area contributed by atoms with E-state index in [-0.39, 0.29) is 18.1 Å². The van der Waals surface area contributed by atoms with Gasteiger partial charge in [-0.15, -0.1) is 0 Å². The molecule has 0 aliphatic carbocycles. The minimum absolute atomic E-state index is 0.0502. The van der Waals surface area contributed by atoms with Crippen molar-refractivity contribution in [3.63, 3.8) is 0 Å². The van der Waals surface area contributed by atoms with Gasteiger partial charge in [-0.05, 0) is 121 Å². The number of nitrogens with zero attached hydrogens (tertiary/aromatic N) is 1. The molecule has 1 unspecified atom stereocenters. The Morgan fingerprint density at radius 1 is 1.23 bits per heavy atom. The van der Waals surface area contributed by atoms with E-state index in [4.69, 9.17) is 4.74 Å². The number of aliphatic hydroxyl groups is 1. The van der Waals surface area contributed by atoms with E-state index in [1.165, 1.54) is 11.3 Å². The summed E-state index contributed by atoms with van der Waals surface area (Å²) in [6.45, 7) is 18.3. The average molecular weight is 552 g/mol. The summed E-state index contributed by atoms with van der Waals surface area (Å²) >= 11 is 0. The maximum atomic E-state index is 12.2. The highest BCUT2D eigenvalue weighted by Gasteiger charge is 2.23. The quantitative estimate of drug-likeness (QED) is 0.134. The standard InChI is InChI=1S/C34H53N3O3/c1-9-37(32-14-18-40-19-15-32)33-22-29(11-10-28(13-17-38)12-16-36-34(5,6)7)21-30(27(33)4)23-31(24-39)25(2)20-26(3)35-8/h20-22,24,28,32,35-36,38H,9,12-19,23H2,1-8H3/b26-20-,31-25-. The van der Waals surface area contributed by atoms with E-state index in [1.807, 2.05) is 27.0 Å². The van der Waals surface area contributed by atoms with Gasteiger partial charge in [0.25, 0.3) is 0 Å². The molecule has 3 N–H and O–H groups in total. The number of hydrogen-bond donors (Lipinski definition) is 3. The Labute approximate surface area is 243 Å². The zero-order valence-corrected chi connectivity index (χ0v) is 26.2. The number of carbonyl (C=O) groups is 1. The number of aldehydes is 1. The van der Waals surface area contributed by atoms with E-state index >= 15 is 0 Å². The first-order valence-electron chi connectivity index (χ1n) is 14.9. The van der Waals surface area contributed by atoms with Crippen molar-refractivity contribution in [2.75, 3.05) is 44.9 Å². The number of rotatable bonds is 13. The van der Waals surface area contributed by atoms with Crippen LogP contribution >= 0.6 is 0 Å². The van der Waals surface area contributed by atoms with Crippen LogP contribution in [0.5, 0.6) is 0 Å². The van der Waals surface area contributed by atoms with Gasteiger partial charge < -0.3 is 25.4 Å². The van der Waals surface area contributed by atoms with Crippen molar-refractivity contribution in [3.8, 4) is 11.8 Å². The van der Waals surface area contributed by atoms with Gasteiger partial charge in [0.05, 0.1) is 0 Å². The van der Waals surface area contributed by atoms with Crippen LogP contribution in [0.4, 0.5) is 5.69 Å². The van der Waals surface area contributed by atoms with Crippen LogP contribution in [0.2, 0.25) is 0 Å². The fourth-order valence-corrected chi connectivity index (χ4v) is 5.15. The zero-order valence-electron chi connectivity index (χ0n) is 26.2. The molecular formula is C34H53N3O3. The predicted molar refractivity (Wildman–Crippen MR) is 168 cm³/mol. The molecular weight excluding hydrogens is 498 g/mol. The normalized spacial score (nSPS) is 16.1. The third-order valence-corrected chi connectivity index (χ3v) is 7.67. The van der Waals surface area contributed by atoms with Gasteiger partial charge in [-0.25, -0.2) is 0 Å². The lowest BCUT2D eigenvalue weighted by Crippen LogP contribution is -2.40. The molecule has 1 aliphatic rings. The van der Waals surface area contributed by atoms with Crippen molar-refractivity contribution in [1.29, 1.82) is 0 Å². The third-order valence-electron chi connectivity index (χ3n) is 7.67. The van der Waals surface area contributed by atoms with Crippen LogP contribution in [0.3, 0.4) is 0 Å². The Kier molecular flexibility index (Phi) is 14.0. The van der Waals surface area contributed by atoms with Crippen molar-refractivity contribution < 1.29 is 14.6 Å². The fourth-order valence-electron chi connectivity index (χ4n) is 5.15. The molecule has 0 saturated carbocycles. The average Bonchev–Trinajstić information content (AvgIpc) is 2.92. The number of aliphatic hydroxyl groups excluding tert-OH is 1. The molecule has 2 rings (SSSR count). The monoisotopic (exact) mass is 551 g/mol. The first kappa shape index (κ1) is 33.6. The first-order valence-corrected chi connectivity index (χ1v) is 14.9. The number of carbonyl (C=O) groups excluding carboxylic acids is 1. The largest absolute Gasteiger partial charge is 0.396 e. The summed E-state index contributed by atoms with van der Waals surface area (Å²) in [6.07, 6.45) is 7.11. The molecule has 6 heteroatoms. The minimum Gasteiger partial charge on any atom is -0.396 e. The number of nitrogens with one attached hydrogen (secondary N) is 2. The summed E-state index contributed by atoms with van der Waals surface area (Å²) in [7, 11) is 1.89. The Morgan fingerprint density at radius 2 is 1.93 bits per heavy atom. The maximum Gasteiger partial charge on any atom is 0.146 e. The van der Waals surface area contributed by atoms with Crippen molar-refractivity contribution in [2.24, 2.45) is 5.92 Å². The lowest BCUT2D eigenvalue weighted by molar-refractivity contribution is -0.105. The van der Waals surface area contributed by atoms with E-state index in [0.717, 1.165) is 79.8 Å². The summed E-state index contributed by atoms with van der Waals surface area (Å²) in [5.41, 5.74) is 7.26. The van der Waals surface area contributed by atoms with Gasteiger partial charge in [-0.1, -0.05) is 11.8 Å². The van der Waals surface area contributed by atoms with Gasteiger partial charge in [0, 0.05) is 74.3 Å². The van der Waals surface area contributed by atoms with Crippen LogP contribution in [-0.2, 0) is 16.0 Å². The Bertz CT molecular complexity index is 1080. The predicted octanol–water partition coefficient (Wildman–Crippen LogP) is 5.31. The molecule has 1 aromatic rings. The van der Waals surface area contributed by atoms with Gasteiger partial charge >= 0.3 is 0 Å². The number of anilines is 1. The van der Waals surface area contributed by atoms with Crippen LogP contribution < -0.4 is 15.5 Å². The van der Waals surface area contributed by atoms with Crippen molar-refractivity contribution in [1.82, 2.24) is 10.6 Å². The summed E-state index contributed by atoms with van der Waals surface area (Å²) in [4.78, 5) is 14.7. The van der Waals surface area contributed by atoms with E-state index in [9.17, 15) is 9.90 Å². The Morgan fingerprint density at radius 3 is 2.50 bits per heavy atom. The van der Waals surface area contributed by atoms with E-state index < -0.39 is 0 Å². The maximum absolute atomic E-state index is 12.2. The molecule has 0 bridgehead atoms. The second-order valence-electron chi connectivity index (χ2n) is 11.9. The third kappa shape index (κ3) is 10.8. The number of allylic oxidation sites excluding steroid dienone is 4. The summed E-state index contributed by atoms with van der Waals surface area (Å²) in [5, 5.41) is 16.3. The van der Waals surface area contributed by atoms with Crippen molar-refractivity contribution >= 4 is 12.0 Å². The molecule has 222 valence electrons. The van der Waals surface area contributed by atoms with Crippen molar-refractivity contribution in [3.05, 3.63) is 51.7 Å². The van der Waals surface area contributed by atoms with Gasteiger partial charge in [0.1, 0.15) is 6.29 Å². The molecule has 1 atom stereocenters. The molecule has 0 spiro atoms. The molecule has 1 aromatic carbocycles. The SMILES string of the molecule is CCN(c1cc(C#CC(CCO)CCNC(C)(C)C)cc(C/C(C=O)=C(C)/C=C(/C)NC)c1C)C1CCOCC1. The van der Waals surface area contributed by atoms with Gasteiger partial charge in [-0.3, -0.25) is 4.79 Å². The molecule has 1 fully saturated rings. The molecule has 0 amide bonds. The molecule has 1 saturated heterocycles. The van der Waals surface area contributed by atoms with E-state index in [0.29, 0.717) is 18.9 Å². The highest BCUT2D eigenvalue weighted by Crippen LogP contribution is 2.31. The van der Waals surface area contributed by atoms with E-state index in [2.05, 4.69) is 74.1 Å². The number of ether oxygens (including phenoxy) is 1. The minimum atomic E-state index is 0.0502. The molecule has 1 heterocycles. The Hall–Kier alpha value is -2.59. The first-order chi connectivity index (χ1) is 19.0. The van der Waals surface area contributed by atoms with Crippen molar-refractivity contribution in [2.45, 2.75) is 92.2 Å². The number of benzene rings is 1. The summed E-state index contributed by atoms with van der Waals surface area (Å²) < 4.78 is 5.65. The van der Waals surface area contributed by atoms with Crippen LogP contribution in [0.15, 0.2) is 35.1 Å². The molecule has 6 nitrogen and oxygen atoms in total. The molecule has 0 radical (unpaired) electrons. The summed E-state index contributed by atoms with van der Waals surface area (Å²) in [6, 6.07) is 4.79. The lowest BCUT2D eigenvalue weighted by atomic mass is 9.93. The van der Waals surface area contributed by atoms with Crippen LogP contribution in [-0.4, -0.2) is 62.9 Å². The highest BCUT2D eigenvalue weighted by molar-refractivity contribution is 5.77. The smallest absolute Gasteiger partial charge is 0.146 e. The fraction of sp³-hybridized carbons (Fsp3) is 0.618. The van der Waals surface area contributed by atoms with Gasteiger partial charge in [0.15, 0.2) is 0 Å². The van der Waals surface area contributed by atoms with Crippen LogP contribution in [0.1, 0.15) is 83.9 Å². The van der Waals surface area contributed by atoms with E-state index in [1.54, 1.807) is 0 Å². The topological polar surface area (TPSA) is 73.8 Å². The second kappa shape index (κ2) is 16.6. The van der Waals surface area contributed by atoms with Crippen LogP contribution in [0.25, 0.3) is 0 Å². The molecule has 0 aromatic heterocycles. The Balaban J connectivity index is 2.54. The zero-order chi connectivity index (χ0) is 29.7. The van der Waals surface area contributed by atoms with Gasteiger partial charge in [0.2, 0.25) is 0 Å².